The van der Waals surface area contributed by atoms with Crippen LogP contribution in [0, 0.1) is 11.8 Å². The highest BCUT2D eigenvalue weighted by Crippen LogP contribution is 2.43. The Labute approximate surface area is 157 Å². The van der Waals surface area contributed by atoms with Crippen LogP contribution >= 0.6 is 35.6 Å². The van der Waals surface area contributed by atoms with Crippen molar-refractivity contribution in [3.63, 3.8) is 0 Å². The third-order valence-electron chi connectivity index (χ3n) is 4.79. The van der Waals surface area contributed by atoms with Gasteiger partial charge in [0.15, 0.2) is 0 Å². The quantitative estimate of drug-likeness (QED) is 0.818. The van der Waals surface area contributed by atoms with E-state index in [1.165, 1.54) is 18.2 Å². The van der Waals surface area contributed by atoms with Gasteiger partial charge in [0.2, 0.25) is 10.0 Å². The van der Waals surface area contributed by atoms with Crippen LogP contribution in [0.1, 0.15) is 25.7 Å². The first kappa shape index (κ1) is 19.8. The van der Waals surface area contributed by atoms with Crippen molar-refractivity contribution in [3.8, 4) is 0 Å². The molecular weight excluding hydrogens is 397 g/mol. The fourth-order valence-electron chi connectivity index (χ4n) is 3.80. The molecule has 24 heavy (non-hydrogen) atoms. The molecule has 5 nitrogen and oxygen atoms in total. The Morgan fingerprint density at radius 2 is 1.71 bits per heavy atom. The summed E-state index contributed by atoms with van der Waals surface area (Å²) in [4.78, 5) is 11.7. The molecule has 0 radical (unpaired) electrons. The minimum absolute atomic E-state index is 0. The standard InChI is InChI=1S/C15H17Cl2NO4S.ClH/c16-10-5-11(17)7-12(6-10)23(21,22)18-8-9-3-1-2-4-13(9)14(18)15(19)20;/h5-7,9,13-14H,1-4,8H2,(H,19,20);1H. The van der Waals surface area contributed by atoms with Gasteiger partial charge in [-0.05, 0) is 42.9 Å². The van der Waals surface area contributed by atoms with E-state index in [1.54, 1.807) is 0 Å². The fraction of sp³-hybridized carbons (Fsp3) is 0.533. The van der Waals surface area contributed by atoms with Gasteiger partial charge in [0.25, 0.3) is 0 Å². The fourth-order valence-corrected chi connectivity index (χ4v) is 6.22. The molecule has 0 aromatic heterocycles. The maximum Gasteiger partial charge on any atom is 0.322 e. The largest absolute Gasteiger partial charge is 0.480 e. The summed E-state index contributed by atoms with van der Waals surface area (Å²) in [5.74, 6) is -1.10. The zero-order chi connectivity index (χ0) is 16.8. The second-order valence-electron chi connectivity index (χ2n) is 6.17. The molecule has 0 bridgehead atoms. The van der Waals surface area contributed by atoms with E-state index in [0.29, 0.717) is 0 Å². The number of benzene rings is 1. The van der Waals surface area contributed by atoms with Gasteiger partial charge in [-0.1, -0.05) is 36.0 Å². The first-order valence-corrected chi connectivity index (χ1v) is 9.71. The normalized spacial score (nSPS) is 27.3. The van der Waals surface area contributed by atoms with E-state index in [-0.39, 0.29) is 45.7 Å². The summed E-state index contributed by atoms with van der Waals surface area (Å²) in [6, 6.07) is 3.05. The first-order valence-electron chi connectivity index (χ1n) is 7.51. The van der Waals surface area contributed by atoms with Crippen molar-refractivity contribution in [1.29, 1.82) is 0 Å². The third-order valence-corrected chi connectivity index (χ3v) is 7.06. The number of carboxylic acids is 1. The molecular formula is C15H18Cl3NO4S. The van der Waals surface area contributed by atoms with Crippen LogP contribution in [0.25, 0.3) is 0 Å². The number of hydrogen-bond donors (Lipinski definition) is 1. The van der Waals surface area contributed by atoms with Crippen LogP contribution in [0.5, 0.6) is 0 Å². The Hall–Kier alpha value is -0.530. The van der Waals surface area contributed by atoms with Crippen LogP contribution in [-0.4, -0.2) is 36.4 Å². The second kappa shape index (κ2) is 7.38. The summed E-state index contributed by atoms with van der Waals surface area (Å²) in [6.45, 7) is 0.244. The van der Waals surface area contributed by atoms with Gasteiger partial charge in [0, 0.05) is 16.6 Å². The Morgan fingerprint density at radius 1 is 1.12 bits per heavy atom. The lowest BCUT2D eigenvalue weighted by atomic mass is 9.78. The molecule has 1 aromatic rings. The monoisotopic (exact) mass is 413 g/mol. The van der Waals surface area contributed by atoms with Crippen molar-refractivity contribution < 1.29 is 18.3 Å². The van der Waals surface area contributed by atoms with Crippen molar-refractivity contribution in [2.75, 3.05) is 6.54 Å². The Balaban J connectivity index is 0.00000208. The smallest absolute Gasteiger partial charge is 0.322 e. The SMILES string of the molecule is Cl.O=C(O)C1C2CCCCC2CN1S(=O)(=O)c1cc(Cl)cc(Cl)c1. The maximum atomic E-state index is 12.9. The lowest BCUT2D eigenvalue weighted by Crippen LogP contribution is -2.43. The first-order chi connectivity index (χ1) is 10.8. The van der Waals surface area contributed by atoms with E-state index in [0.717, 1.165) is 30.0 Å². The predicted molar refractivity (Wildman–Crippen MR) is 94.5 cm³/mol. The molecule has 1 saturated heterocycles. The number of rotatable bonds is 3. The van der Waals surface area contributed by atoms with E-state index < -0.39 is 22.0 Å². The zero-order valence-corrected chi connectivity index (χ0v) is 15.8. The van der Waals surface area contributed by atoms with Crippen molar-refractivity contribution in [2.45, 2.75) is 36.6 Å². The Bertz CT molecular complexity index is 720. The number of carboxylic acid groups (broad SMARTS) is 1. The molecule has 1 aliphatic carbocycles. The molecule has 1 N–H and O–H groups in total. The van der Waals surface area contributed by atoms with Gasteiger partial charge >= 0.3 is 5.97 Å². The number of halogens is 3. The van der Waals surface area contributed by atoms with Crippen LogP contribution in [0.4, 0.5) is 0 Å². The molecule has 134 valence electrons. The Morgan fingerprint density at radius 3 is 2.29 bits per heavy atom. The van der Waals surface area contributed by atoms with Crippen LogP contribution < -0.4 is 0 Å². The lowest BCUT2D eigenvalue weighted by molar-refractivity contribution is -0.142. The lowest BCUT2D eigenvalue weighted by Gasteiger charge is -2.27. The number of aliphatic carboxylic acids is 1. The van der Waals surface area contributed by atoms with E-state index in [2.05, 4.69) is 0 Å². The molecule has 9 heteroatoms. The number of carbonyl (C=O) groups is 1. The second-order valence-corrected chi connectivity index (χ2v) is 8.93. The summed E-state index contributed by atoms with van der Waals surface area (Å²) in [5.41, 5.74) is 0. The summed E-state index contributed by atoms with van der Waals surface area (Å²) >= 11 is 11.8. The minimum atomic E-state index is -3.95. The highest BCUT2D eigenvalue weighted by Gasteiger charge is 2.51. The van der Waals surface area contributed by atoms with E-state index in [9.17, 15) is 18.3 Å². The Kier molecular flexibility index (Phi) is 6.08. The van der Waals surface area contributed by atoms with Gasteiger partial charge in [0.05, 0.1) is 4.90 Å². The number of sulfonamides is 1. The maximum absolute atomic E-state index is 12.9. The van der Waals surface area contributed by atoms with Gasteiger partial charge in [-0.25, -0.2) is 8.42 Å². The highest BCUT2D eigenvalue weighted by molar-refractivity contribution is 7.89. The van der Waals surface area contributed by atoms with Crippen molar-refractivity contribution >= 4 is 51.6 Å². The molecule has 1 aliphatic heterocycles. The summed E-state index contributed by atoms with van der Waals surface area (Å²) in [7, 11) is -3.95. The predicted octanol–water partition coefficient (Wildman–Crippen LogP) is 3.68. The highest BCUT2D eigenvalue weighted by atomic mass is 35.5. The molecule has 1 heterocycles. The third kappa shape index (κ3) is 3.53. The molecule has 2 aliphatic rings. The summed E-state index contributed by atoms with van der Waals surface area (Å²) in [6.07, 6.45) is 3.59. The summed E-state index contributed by atoms with van der Waals surface area (Å²) < 4.78 is 27.0. The van der Waals surface area contributed by atoms with Crippen LogP contribution in [0.3, 0.4) is 0 Å². The molecule has 0 amide bonds. The van der Waals surface area contributed by atoms with Crippen molar-refractivity contribution in [3.05, 3.63) is 28.2 Å². The van der Waals surface area contributed by atoms with Crippen molar-refractivity contribution in [1.82, 2.24) is 4.31 Å². The molecule has 3 atom stereocenters. The van der Waals surface area contributed by atoms with E-state index >= 15 is 0 Å². The van der Waals surface area contributed by atoms with Crippen LogP contribution in [0.2, 0.25) is 10.0 Å². The molecule has 1 saturated carbocycles. The van der Waals surface area contributed by atoms with Crippen LogP contribution in [-0.2, 0) is 14.8 Å². The minimum Gasteiger partial charge on any atom is -0.480 e. The zero-order valence-electron chi connectivity index (χ0n) is 12.7. The molecule has 0 spiro atoms. The van der Waals surface area contributed by atoms with Gasteiger partial charge in [-0.3, -0.25) is 4.79 Å². The van der Waals surface area contributed by atoms with Gasteiger partial charge in [0.1, 0.15) is 6.04 Å². The molecule has 3 unspecified atom stereocenters. The summed E-state index contributed by atoms with van der Waals surface area (Å²) in [5, 5.41) is 10.00. The molecule has 3 rings (SSSR count). The van der Waals surface area contributed by atoms with Crippen molar-refractivity contribution in [2.24, 2.45) is 11.8 Å². The average Bonchev–Trinajstić information content (AvgIpc) is 2.86. The number of hydrogen-bond acceptors (Lipinski definition) is 3. The van der Waals surface area contributed by atoms with Gasteiger partial charge in [-0.2, -0.15) is 4.31 Å². The molecule has 1 aromatic carbocycles. The van der Waals surface area contributed by atoms with Crippen LogP contribution in [0.15, 0.2) is 23.1 Å². The van der Waals surface area contributed by atoms with E-state index in [1.807, 2.05) is 0 Å². The molecule has 2 fully saturated rings. The average molecular weight is 415 g/mol. The van der Waals surface area contributed by atoms with Gasteiger partial charge in [-0.15, -0.1) is 12.4 Å². The van der Waals surface area contributed by atoms with Gasteiger partial charge < -0.3 is 5.11 Å². The number of fused-ring (bicyclic) bond motifs is 1. The number of nitrogens with zero attached hydrogens (tertiary/aromatic N) is 1. The topological polar surface area (TPSA) is 74.7 Å². The van der Waals surface area contributed by atoms with E-state index in [4.69, 9.17) is 23.2 Å².